The standard InChI is InChI=1S/C28H33N3O6/c1-3-4-15-22-16-31(25(33)19(2)30-27(36)37-17-20-11-7-5-8-12-20)18-28(22,26(34)35)24(29)23(32)21-13-9-6-10-14-21/h5-14,19,22,29H,3-4,15-18H2,1-2H3,(H,30,36)(H,34,35)/t19-,22-,28+/m0/s1. The van der Waals surface area contributed by atoms with Crippen LogP contribution < -0.4 is 5.32 Å². The van der Waals surface area contributed by atoms with Gasteiger partial charge in [0.25, 0.3) is 0 Å². The first-order chi connectivity index (χ1) is 17.7. The summed E-state index contributed by atoms with van der Waals surface area (Å²) in [5.74, 6) is -3.09. The molecule has 1 aliphatic heterocycles. The number of nitrogens with zero attached hydrogens (tertiary/aromatic N) is 1. The molecule has 0 radical (unpaired) electrons. The molecule has 3 N–H and O–H groups in total. The molecule has 9 nitrogen and oxygen atoms in total. The first-order valence-corrected chi connectivity index (χ1v) is 12.4. The third-order valence-corrected chi connectivity index (χ3v) is 6.80. The minimum absolute atomic E-state index is 0.0390. The van der Waals surface area contributed by atoms with Crippen LogP contribution in [0.4, 0.5) is 4.79 Å². The molecule has 1 aliphatic rings. The molecule has 3 rings (SSSR count). The number of ether oxygens (including phenoxy) is 1. The summed E-state index contributed by atoms with van der Waals surface area (Å²) in [4.78, 5) is 52.7. The van der Waals surface area contributed by atoms with E-state index in [9.17, 15) is 24.3 Å². The summed E-state index contributed by atoms with van der Waals surface area (Å²) in [6.07, 6.45) is 1.15. The monoisotopic (exact) mass is 507 g/mol. The molecule has 2 aromatic carbocycles. The highest BCUT2D eigenvalue weighted by atomic mass is 16.5. The molecule has 9 heteroatoms. The van der Waals surface area contributed by atoms with Crippen LogP contribution in [0.1, 0.15) is 49.0 Å². The number of unbranched alkanes of at least 4 members (excludes halogenated alkanes) is 1. The molecule has 0 spiro atoms. The highest BCUT2D eigenvalue weighted by molar-refractivity contribution is 6.49. The molecule has 1 heterocycles. The minimum atomic E-state index is -1.84. The largest absolute Gasteiger partial charge is 0.480 e. The Morgan fingerprint density at radius 3 is 2.32 bits per heavy atom. The number of likely N-dealkylation sites (tertiary alicyclic amines) is 1. The van der Waals surface area contributed by atoms with Crippen molar-refractivity contribution in [1.82, 2.24) is 10.2 Å². The normalized spacial score (nSPS) is 19.6. The lowest BCUT2D eigenvalue weighted by Gasteiger charge is -2.30. The Balaban J connectivity index is 1.76. The van der Waals surface area contributed by atoms with Crippen molar-refractivity contribution in [3.8, 4) is 0 Å². The fraction of sp³-hybridized carbons (Fsp3) is 0.393. The van der Waals surface area contributed by atoms with Gasteiger partial charge in [0.2, 0.25) is 11.7 Å². The predicted molar refractivity (Wildman–Crippen MR) is 137 cm³/mol. The number of Topliss-reactive ketones (excluding diaryl/α,β-unsaturated/α-hetero) is 1. The second-order valence-corrected chi connectivity index (χ2v) is 9.33. The molecule has 0 aliphatic carbocycles. The summed E-state index contributed by atoms with van der Waals surface area (Å²) in [7, 11) is 0. The quantitative estimate of drug-likeness (QED) is 0.311. The molecule has 2 amide bonds. The number of nitrogens with one attached hydrogen (secondary N) is 2. The summed E-state index contributed by atoms with van der Waals surface area (Å²) < 4.78 is 5.19. The van der Waals surface area contributed by atoms with Gasteiger partial charge in [0, 0.05) is 24.6 Å². The van der Waals surface area contributed by atoms with Crippen LogP contribution in [0.3, 0.4) is 0 Å². The summed E-state index contributed by atoms with van der Waals surface area (Å²) in [5.41, 5.74) is -1.36. The first kappa shape index (κ1) is 27.6. The van der Waals surface area contributed by atoms with E-state index in [1.165, 1.54) is 11.8 Å². The average molecular weight is 508 g/mol. The second kappa shape index (κ2) is 12.3. The van der Waals surface area contributed by atoms with E-state index in [1.807, 2.05) is 25.1 Å². The Bertz CT molecular complexity index is 1140. The topological polar surface area (TPSA) is 137 Å². The molecule has 37 heavy (non-hydrogen) atoms. The number of carboxylic acids is 1. The number of aliphatic carboxylic acids is 1. The van der Waals surface area contributed by atoms with Crippen molar-refractivity contribution in [2.45, 2.75) is 45.8 Å². The van der Waals surface area contributed by atoms with Crippen molar-refractivity contribution >= 4 is 29.5 Å². The van der Waals surface area contributed by atoms with Gasteiger partial charge >= 0.3 is 12.1 Å². The Kier molecular flexibility index (Phi) is 9.16. The average Bonchev–Trinajstić information content (AvgIpc) is 3.31. The van der Waals surface area contributed by atoms with Crippen molar-refractivity contribution in [2.75, 3.05) is 13.1 Å². The number of carbonyl (C=O) groups is 4. The van der Waals surface area contributed by atoms with Gasteiger partial charge in [-0.2, -0.15) is 0 Å². The molecule has 1 saturated heterocycles. The zero-order valence-corrected chi connectivity index (χ0v) is 21.1. The Hall–Kier alpha value is -4.01. The van der Waals surface area contributed by atoms with Crippen molar-refractivity contribution in [1.29, 1.82) is 5.41 Å². The molecule has 196 valence electrons. The van der Waals surface area contributed by atoms with Crippen LogP contribution in [0, 0.1) is 16.7 Å². The maximum Gasteiger partial charge on any atom is 0.408 e. The van der Waals surface area contributed by atoms with E-state index < -0.39 is 46.8 Å². The van der Waals surface area contributed by atoms with Crippen molar-refractivity contribution < 1.29 is 29.0 Å². The number of rotatable bonds is 11. The lowest BCUT2D eigenvalue weighted by molar-refractivity contribution is -0.146. The number of carbonyl (C=O) groups excluding carboxylic acids is 3. The molecule has 2 aromatic rings. The number of alkyl carbamates (subject to hydrolysis) is 1. The van der Waals surface area contributed by atoms with Crippen LogP contribution >= 0.6 is 0 Å². The number of hydrogen-bond acceptors (Lipinski definition) is 6. The molecule has 0 saturated carbocycles. The molecule has 1 fully saturated rings. The first-order valence-electron chi connectivity index (χ1n) is 12.4. The number of ketones is 1. The van der Waals surface area contributed by atoms with E-state index >= 15 is 0 Å². The Labute approximate surface area is 216 Å². The fourth-order valence-corrected chi connectivity index (χ4v) is 4.72. The van der Waals surface area contributed by atoms with Gasteiger partial charge in [-0.1, -0.05) is 80.4 Å². The summed E-state index contributed by atoms with van der Waals surface area (Å²) >= 11 is 0. The maximum atomic E-state index is 13.3. The SMILES string of the molecule is CCCC[C@H]1CN(C(=O)[C@H](C)NC(=O)OCc2ccccc2)C[C@@]1(C(=N)C(=O)c1ccccc1)C(=O)O. The van der Waals surface area contributed by atoms with Crippen LogP contribution in [0.5, 0.6) is 0 Å². The smallest absolute Gasteiger partial charge is 0.408 e. The third kappa shape index (κ3) is 6.22. The van der Waals surface area contributed by atoms with Gasteiger partial charge in [-0.3, -0.25) is 19.8 Å². The third-order valence-electron chi connectivity index (χ3n) is 6.80. The van der Waals surface area contributed by atoms with Crippen LogP contribution in [-0.2, 0) is 20.9 Å². The maximum absolute atomic E-state index is 13.3. The second-order valence-electron chi connectivity index (χ2n) is 9.33. The van der Waals surface area contributed by atoms with Crippen molar-refractivity contribution in [2.24, 2.45) is 11.3 Å². The molecular weight excluding hydrogens is 474 g/mol. The molecule has 3 atom stereocenters. The zero-order valence-electron chi connectivity index (χ0n) is 21.1. The summed E-state index contributed by atoms with van der Waals surface area (Å²) in [6, 6.07) is 16.2. The fourth-order valence-electron chi connectivity index (χ4n) is 4.72. The van der Waals surface area contributed by atoms with E-state index in [2.05, 4.69) is 5.32 Å². The number of amides is 2. The van der Waals surface area contributed by atoms with E-state index in [0.717, 1.165) is 12.0 Å². The van der Waals surface area contributed by atoms with E-state index in [0.29, 0.717) is 12.8 Å². The number of hydrogen-bond donors (Lipinski definition) is 3. The zero-order chi connectivity index (χ0) is 27.0. The van der Waals surface area contributed by atoms with Gasteiger partial charge in [0.1, 0.15) is 18.1 Å². The lowest BCUT2D eigenvalue weighted by atomic mass is 9.70. The molecular formula is C28H33N3O6. The number of carboxylic acid groups (broad SMARTS) is 1. The number of benzene rings is 2. The Morgan fingerprint density at radius 1 is 1.11 bits per heavy atom. The Morgan fingerprint density at radius 2 is 1.73 bits per heavy atom. The van der Waals surface area contributed by atoms with Crippen LogP contribution in [0.15, 0.2) is 60.7 Å². The van der Waals surface area contributed by atoms with Crippen LogP contribution in [0.25, 0.3) is 0 Å². The van der Waals surface area contributed by atoms with Gasteiger partial charge in [0.05, 0.1) is 5.71 Å². The predicted octanol–water partition coefficient (Wildman–Crippen LogP) is 3.92. The van der Waals surface area contributed by atoms with Gasteiger partial charge in [-0.15, -0.1) is 0 Å². The van der Waals surface area contributed by atoms with Gasteiger partial charge < -0.3 is 20.1 Å². The molecule has 0 bridgehead atoms. The van der Waals surface area contributed by atoms with Crippen LogP contribution in [-0.4, -0.2) is 58.6 Å². The highest BCUT2D eigenvalue weighted by Crippen LogP contribution is 2.41. The van der Waals surface area contributed by atoms with E-state index in [1.54, 1.807) is 42.5 Å². The minimum Gasteiger partial charge on any atom is -0.480 e. The van der Waals surface area contributed by atoms with Gasteiger partial charge in [-0.05, 0) is 18.9 Å². The van der Waals surface area contributed by atoms with E-state index in [4.69, 9.17) is 10.1 Å². The molecule has 0 aromatic heterocycles. The molecule has 0 unspecified atom stereocenters. The summed E-state index contributed by atoms with van der Waals surface area (Å²) in [5, 5.41) is 21.5. The lowest BCUT2D eigenvalue weighted by Crippen LogP contribution is -2.51. The van der Waals surface area contributed by atoms with Crippen LogP contribution in [0.2, 0.25) is 0 Å². The highest BCUT2D eigenvalue weighted by Gasteiger charge is 2.58. The van der Waals surface area contributed by atoms with Gasteiger partial charge in [-0.25, -0.2) is 4.79 Å². The van der Waals surface area contributed by atoms with Crippen molar-refractivity contribution in [3.63, 3.8) is 0 Å². The van der Waals surface area contributed by atoms with E-state index in [-0.39, 0.29) is 25.3 Å². The van der Waals surface area contributed by atoms with Gasteiger partial charge in [0.15, 0.2) is 0 Å². The van der Waals surface area contributed by atoms with Crippen molar-refractivity contribution in [3.05, 3.63) is 71.8 Å². The summed E-state index contributed by atoms with van der Waals surface area (Å²) in [6.45, 7) is 3.25.